The smallest absolute Gasteiger partial charge is 0.0911 e. The quantitative estimate of drug-likeness (QED) is 0.405. The average molecular weight is 229 g/mol. The summed E-state index contributed by atoms with van der Waals surface area (Å²) < 4.78 is 4.88. The number of nitrogens with zero attached hydrogens (tertiary/aromatic N) is 1. The van der Waals surface area contributed by atoms with Crippen LogP contribution in [0.4, 0.5) is 0 Å². The van der Waals surface area contributed by atoms with Crippen molar-refractivity contribution < 1.29 is 9.84 Å². The van der Waals surface area contributed by atoms with E-state index in [1.165, 1.54) is 0 Å². The Morgan fingerprint density at radius 2 is 2.25 bits per heavy atom. The van der Waals surface area contributed by atoms with E-state index in [-0.39, 0.29) is 11.3 Å². The number of ether oxygens (including phenoxy) is 1. The summed E-state index contributed by atoms with van der Waals surface area (Å²) >= 11 is 0. The van der Waals surface area contributed by atoms with Crippen LogP contribution in [0.15, 0.2) is 0 Å². The van der Waals surface area contributed by atoms with Gasteiger partial charge in [0.25, 0.3) is 0 Å². The van der Waals surface area contributed by atoms with Crippen LogP contribution in [0.25, 0.3) is 0 Å². The van der Waals surface area contributed by atoms with E-state index in [9.17, 15) is 5.11 Å². The van der Waals surface area contributed by atoms with E-state index in [1.807, 2.05) is 7.05 Å². The number of likely N-dealkylation sites (N-methyl/N-ethyl adjacent to an activating group) is 1. The molecule has 94 valence electrons. The Balaban J connectivity index is 2.28. The van der Waals surface area contributed by atoms with Gasteiger partial charge in [-0.25, -0.2) is 0 Å². The molecule has 0 heterocycles. The first-order valence-corrected chi connectivity index (χ1v) is 5.66. The summed E-state index contributed by atoms with van der Waals surface area (Å²) in [6, 6.07) is 0. The molecule has 1 aliphatic rings. The lowest BCUT2D eigenvalue weighted by Crippen LogP contribution is -2.36. The molecule has 1 unspecified atom stereocenters. The van der Waals surface area contributed by atoms with Gasteiger partial charge >= 0.3 is 0 Å². The van der Waals surface area contributed by atoms with Gasteiger partial charge in [0.05, 0.1) is 18.5 Å². The second kappa shape index (κ2) is 5.61. The first kappa shape index (κ1) is 13.4. The molecule has 0 aromatic rings. The van der Waals surface area contributed by atoms with Gasteiger partial charge in [-0.3, -0.25) is 5.41 Å². The second-order valence-corrected chi connectivity index (χ2v) is 5.01. The zero-order chi connectivity index (χ0) is 12.2. The maximum Gasteiger partial charge on any atom is 0.0911 e. The van der Waals surface area contributed by atoms with E-state index in [0.717, 1.165) is 19.4 Å². The van der Waals surface area contributed by atoms with Gasteiger partial charge in [-0.05, 0) is 25.3 Å². The summed E-state index contributed by atoms with van der Waals surface area (Å²) in [5.74, 6) is 0.267. The van der Waals surface area contributed by atoms with Gasteiger partial charge in [0.1, 0.15) is 0 Å². The Kier molecular flexibility index (Phi) is 4.70. The molecule has 5 heteroatoms. The molecule has 5 nitrogen and oxygen atoms in total. The Hall–Kier alpha value is -0.650. The molecule has 1 fully saturated rings. The molecule has 0 saturated heterocycles. The third-order valence-corrected chi connectivity index (χ3v) is 3.01. The highest BCUT2D eigenvalue weighted by molar-refractivity contribution is 5.78. The highest BCUT2D eigenvalue weighted by Crippen LogP contribution is 2.49. The van der Waals surface area contributed by atoms with Crippen molar-refractivity contribution in [1.82, 2.24) is 4.90 Å². The highest BCUT2D eigenvalue weighted by Gasteiger charge is 2.43. The van der Waals surface area contributed by atoms with Crippen LogP contribution in [0, 0.1) is 10.8 Å². The number of hydrogen-bond acceptors (Lipinski definition) is 4. The van der Waals surface area contributed by atoms with E-state index in [1.54, 1.807) is 7.11 Å². The molecule has 0 bridgehead atoms. The van der Waals surface area contributed by atoms with Gasteiger partial charge in [0, 0.05) is 26.6 Å². The van der Waals surface area contributed by atoms with Gasteiger partial charge in [0.15, 0.2) is 0 Å². The van der Waals surface area contributed by atoms with E-state index in [0.29, 0.717) is 19.6 Å². The molecule has 4 N–H and O–H groups in total. The third kappa shape index (κ3) is 4.47. The molecule has 16 heavy (non-hydrogen) atoms. The van der Waals surface area contributed by atoms with Crippen molar-refractivity contribution in [2.45, 2.75) is 25.4 Å². The van der Waals surface area contributed by atoms with E-state index >= 15 is 0 Å². The summed E-state index contributed by atoms with van der Waals surface area (Å²) in [5, 5.41) is 16.9. The standard InChI is InChI=1S/C11H23N3O2/c1-14(6-9(15)7-16-2)8-11(3-4-11)5-10(12)13/h9,15H,3-8H2,1-2H3,(H3,12,13). The Morgan fingerprint density at radius 3 is 2.69 bits per heavy atom. The Labute approximate surface area is 97.1 Å². The zero-order valence-corrected chi connectivity index (χ0v) is 10.2. The number of nitrogens with one attached hydrogen (secondary N) is 1. The first-order valence-electron chi connectivity index (χ1n) is 5.66. The van der Waals surface area contributed by atoms with Gasteiger partial charge in [0.2, 0.25) is 0 Å². The summed E-state index contributed by atoms with van der Waals surface area (Å²) in [6.07, 6.45) is 2.51. The molecule has 0 aromatic heterocycles. The average Bonchev–Trinajstić information content (AvgIpc) is 2.82. The van der Waals surface area contributed by atoms with Gasteiger partial charge in [-0.1, -0.05) is 0 Å². The number of rotatable bonds is 8. The number of aliphatic hydroxyl groups excluding tert-OH is 1. The van der Waals surface area contributed by atoms with Crippen molar-refractivity contribution >= 4 is 5.84 Å². The van der Waals surface area contributed by atoms with Crippen molar-refractivity contribution in [2.24, 2.45) is 11.1 Å². The topological polar surface area (TPSA) is 82.6 Å². The fourth-order valence-corrected chi connectivity index (χ4v) is 2.21. The lowest BCUT2D eigenvalue weighted by atomic mass is 10.0. The predicted molar refractivity (Wildman–Crippen MR) is 63.6 cm³/mol. The molecule has 1 saturated carbocycles. The minimum absolute atomic E-state index is 0.202. The second-order valence-electron chi connectivity index (χ2n) is 5.01. The van der Waals surface area contributed by atoms with Gasteiger partial charge in [-0.15, -0.1) is 0 Å². The molecule has 1 atom stereocenters. The van der Waals surface area contributed by atoms with Crippen LogP contribution in [0.5, 0.6) is 0 Å². The van der Waals surface area contributed by atoms with Crippen molar-refractivity contribution in [2.75, 3.05) is 33.9 Å². The van der Waals surface area contributed by atoms with Crippen molar-refractivity contribution in [1.29, 1.82) is 5.41 Å². The maximum atomic E-state index is 9.59. The third-order valence-electron chi connectivity index (χ3n) is 3.01. The molecule has 0 amide bonds. The highest BCUT2D eigenvalue weighted by atomic mass is 16.5. The van der Waals surface area contributed by atoms with Crippen LogP contribution in [-0.2, 0) is 4.74 Å². The summed E-state index contributed by atoms with van der Waals surface area (Å²) in [6.45, 7) is 1.87. The minimum Gasteiger partial charge on any atom is -0.389 e. The minimum atomic E-state index is -0.442. The molecular formula is C11H23N3O2. The number of methoxy groups -OCH3 is 1. The monoisotopic (exact) mass is 229 g/mol. The molecule has 0 spiro atoms. The zero-order valence-electron chi connectivity index (χ0n) is 10.2. The van der Waals surface area contributed by atoms with Crippen LogP contribution in [0.1, 0.15) is 19.3 Å². The van der Waals surface area contributed by atoms with E-state index in [4.69, 9.17) is 15.9 Å². The van der Waals surface area contributed by atoms with Gasteiger partial charge < -0.3 is 20.5 Å². The van der Waals surface area contributed by atoms with E-state index in [2.05, 4.69) is 4.90 Å². The lowest BCUT2D eigenvalue weighted by molar-refractivity contribution is 0.0396. The first-order chi connectivity index (χ1) is 7.47. The predicted octanol–water partition coefficient (Wildman–Crippen LogP) is 0.0318. The fourth-order valence-electron chi connectivity index (χ4n) is 2.21. The summed E-state index contributed by atoms with van der Waals surface area (Å²) in [5.41, 5.74) is 5.64. The summed E-state index contributed by atoms with van der Waals surface area (Å²) in [4.78, 5) is 2.10. The Morgan fingerprint density at radius 1 is 1.62 bits per heavy atom. The van der Waals surface area contributed by atoms with E-state index < -0.39 is 6.10 Å². The molecule has 1 aliphatic carbocycles. The van der Waals surface area contributed by atoms with Crippen molar-refractivity contribution in [3.8, 4) is 0 Å². The van der Waals surface area contributed by atoms with Crippen LogP contribution in [0.2, 0.25) is 0 Å². The van der Waals surface area contributed by atoms with Crippen LogP contribution in [0.3, 0.4) is 0 Å². The molecular weight excluding hydrogens is 206 g/mol. The summed E-state index contributed by atoms with van der Waals surface area (Å²) in [7, 11) is 3.57. The largest absolute Gasteiger partial charge is 0.389 e. The molecule has 0 radical (unpaired) electrons. The van der Waals surface area contributed by atoms with Crippen LogP contribution >= 0.6 is 0 Å². The molecule has 1 rings (SSSR count). The number of amidine groups is 1. The number of hydrogen-bond donors (Lipinski definition) is 3. The van der Waals surface area contributed by atoms with Crippen molar-refractivity contribution in [3.05, 3.63) is 0 Å². The SMILES string of the molecule is COCC(O)CN(C)CC1(CC(=N)N)CC1. The maximum absolute atomic E-state index is 9.59. The Bertz CT molecular complexity index is 241. The molecule has 0 aliphatic heterocycles. The van der Waals surface area contributed by atoms with Crippen molar-refractivity contribution in [3.63, 3.8) is 0 Å². The normalized spacial score (nSPS) is 19.8. The lowest BCUT2D eigenvalue weighted by Gasteiger charge is -2.25. The molecule has 0 aromatic carbocycles. The number of nitrogens with two attached hydrogens (primary N) is 1. The fraction of sp³-hybridized carbons (Fsp3) is 0.909. The van der Waals surface area contributed by atoms with Crippen LogP contribution < -0.4 is 5.73 Å². The number of aliphatic hydroxyl groups is 1. The van der Waals surface area contributed by atoms with Crippen LogP contribution in [-0.4, -0.2) is 55.8 Å². The van der Waals surface area contributed by atoms with Gasteiger partial charge in [-0.2, -0.15) is 0 Å².